The molecule has 0 bridgehead atoms. The number of nitrogens with one attached hydrogen (secondary N) is 1. The maximum absolute atomic E-state index is 11.4. The van der Waals surface area contributed by atoms with E-state index in [1.807, 2.05) is 20.8 Å². The van der Waals surface area contributed by atoms with E-state index in [-0.39, 0.29) is 0 Å². The first-order valence-corrected chi connectivity index (χ1v) is 6.93. The predicted molar refractivity (Wildman–Crippen MR) is 75.9 cm³/mol. The molecule has 0 aliphatic carbocycles. The van der Waals surface area contributed by atoms with Crippen molar-refractivity contribution in [2.45, 2.75) is 78.7 Å². The second-order valence-electron chi connectivity index (χ2n) is 5.46. The number of amides is 1. The van der Waals surface area contributed by atoms with Gasteiger partial charge in [-0.25, -0.2) is 10.2 Å². The van der Waals surface area contributed by atoms with Gasteiger partial charge in [0.05, 0.1) is 0 Å². The lowest BCUT2D eigenvalue weighted by molar-refractivity contribution is 0.0529. The standard InChI is InChI=1S/C14H28N2O2/c1-6-8-9-10-11-12(7-2)15-16-13(17)18-14(3,4)5/h6-11H2,1-5H3,(H,16,17)/b15-12-. The number of hydrogen-bond donors (Lipinski definition) is 1. The molecular formula is C14H28N2O2. The van der Waals surface area contributed by atoms with Gasteiger partial charge in [0.15, 0.2) is 0 Å². The van der Waals surface area contributed by atoms with Gasteiger partial charge in [-0.3, -0.25) is 0 Å². The second kappa shape index (κ2) is 8.95. The van der Waals surface area contributed by atoms with Crippen LogP contribution in [0.5, 0.6) is 0 Å². The highest BCUT2D eigenvalue weighted by atomic mass is 16.6. The summed E-state index contributed by atoms with van der Waals surface area (Å²) in [6.45, 7) is 9.75. The van der Waals surface area contributed by atoms with Crippen molar-refractivity contribution in [2.24, 2.45) is 5.10 Å². The number of rotatable bonds is 7. The van der Waals surface area contributed by atoms with Gasteiger partial charge in [-0.15, -0.1) is 0 Å². The number of hydrogen-bond acceptors (Lipinski definition) is 3. The normalized spacial score (nSPS) is 12.4. The van der Waals surface area contributed by atoms with Crippen molar-refractivity contribution in [3.63, 3.8) is 0 Å². The van der Waals surface area contributed by atoms with E-state index in [9.17, 15) is 4.79 Å². The number of ether oxygens (including phenoxy) is 1. The summed E-state index contributed by atoms with van der Waals surface area (Å²) in [5, 5.41) is 4.12. The van der Waals surface area contributed by atoms with Crippen LogP contribution < -0.4 is 5.43 Å². The Morgan fingerprint density at radius 3 is 2.33 bits per heavy atom. The Kier molecular flexibility index (Phi) is 8.42. The largest absolute Gasteiger partial charge is 0.443 e. The molecule has 0 atom stereocenters. The fourth-order valence-corrected chi connectivity index (χ4v) is 1.49. The zero-order chi connectivity index (χ0) is 14.0. The Morgan fingerprint density at radius 1 is 1.17 bits per heavy atom. The third-order valence-electron chi connectivity index (χ3n) is 2.43. The zero-order valence-electron chi connectivity index (χ0n) is 12.5. The predicted octanol–water partition coefficient (Wildman–Crippen LogP) is 4.25. The Labute approximate surface area is 111 Å². The molecule has 0 rings (SSSR count). The third-order valence-corrected chi connectivity index (χ3v) is 2.43. The molecule has 0 aliphatic rings. The highest BCUT2D eigenvalue weighted by Gasteiger charge is 2.15. The van der Waals surface area contributed by atoms with Gasteiger partial charge in [-0.1, -0.05) is 33.1 Å². The molecule has 106 valence electrons. The molecule has 1 amide bonds. The lowest BCUT2D eigenvalue weighted by Crippen LogP contribution is -2.30. The van der Waals surface area contributed by atoms with Crippen molar-refractivity contribution in [2.75, 3.05) is 0 Å². The summed E-state index contributed by atoms with van der Waals surface area (Å²) < 4.78 is 5.12. The smallest absolute Gasteiger partial charge is 0.428 e. The molecule has 0 aliphatic heterocycles. The molecule has 4 nitrogen and oxygen atoms in total. The first-order chi connectivity index (χ1) is 8.39. The van der Waals surface area contributed by atoms with E-state index >= 15 is 0 Å². The van der Waals surface area contributed by atoms with Crippen LogP contribution in [-0.4, -0.2) is 17.4 Å². The monoisotopic (exact) mass is 256 g/mol. The number of unbranched alkanes of at least 4 members (excludes halogenated alkanes) is 3. The molecule has 0 fully saturated rings. The summed E-state index contributed by atoms with van der Waals surface area (Å²) in [4.78, 5) is 11.4. The molecule has 1 N–H and O–H groups in total. The maximum Gasteiger partial charge on any atom is 0.428 e. The minimum Gasteiger partial charge on any atom is -0.443 e. The maximum atomic E-state index is 11.4. The van der Waals surface area contributed by atoms with Gasteiger partial charge in [-0.05, 0) is 40.0 Å². The Balaban J connectivity index is 3.99. The van der Waals surface area contributed by atoms with Gasteiger partial charge >= 0.3 is 6.09 Å². The molecular weight excluding hydrogens is 228 g/mol. The number of nitrogens with zero attached hydrogens (tertiary/aromatic N) is 1. The van der Waals surface area contributed by atoms with Crippen LogP contribution in [0.15, 0.2) is 5.10 Å². The molecule has 0 radical (unpaired) electrons. The number of hydrazone groups is 1. The lowest BCUT2D eigenvalue weighted by atomic mass is 10.1. The Bertz CT molecular complexity index is 267. The van der Waals surface area contributed by atoms with E-state index in [0.29, 0.717) is 0 Å². The minimum absolute atomic E-state index is 0.479. The van der Waals surface area contributed by atoms with Gasteiger partial charge in [0.1, 0.15) is 5.60 Å². The SMILES string of the molecule is CCCCCC/C(CC)=N\NC(=O)OC(C)(C)C. The molecule has 0 aromatic carbocycles. The van der Waals surface area contributed by atoms with E-state index in [1.165, 1.54) is 19.3 Å². The molecule has 4 heteroatoms. The summed E-state index contributed by atoms with van der Waals surface area (Å²) >= 11 is 0. The van der Waals surface area contributed by atoms with E-state index in [2.05, 4.69) is 24.4 Å². The fourth-order valence-electron chi connectivity index (χ4n) is 1.49. The van der Waals surface area contributed by atoms with Crippen LogP contribution in [0.25, 0.3) is 0 Å². The van der Waals surface area contributed by atoms with Gasteiger partial charge < -0.3 is 4.74 Å². The van der Waals surface area contributed by atoms with Crippen LogP contribution in [0.4, 0.5) is 4.79 Å². The van der Waals surface area contributed by atoms with Gasteiger partial charge in [-0.2, -0.15) is 5.10 Å². The molecule has 0 unspecified atom stereocenters. The van der Waals surface area contributed by atoms with E-state index < -0.39 is 11.7 Å². The summed E-state index contributed by atoms with van der Waals surface area (Å²) in [7, 11) is 0. The first-order valence-electron chi connectivity index (χ1n) is 6.93. The zero-order valence-corrected chi connectivity index (χ0v) is 12.5. The third kappa shape index (κ3) is 10.1. The highest BCUT2D eigenvalue weighted by molar-refractivity contribution is 5.85. The topological polar surface area (TPSA) is 50.7 Å². The van der Waals surface area contributed by atoms with Crippen LogP contribution in [0.1, 0.15) is 73.1 Å². The summed E-state index contributed by atoms with van der Waals surface area (Å²) in [6, 6.07) is 0. The molecule has 0 aromatic heterocycles. The first kappa shape index (κ1) is 16.9. The van der Waals surface area contributed by atoms with Crippen LogP contribution in [0, 0.1) is 0 Å². The van der Waals surface area contributed by atoms with Crippen molar-refractivity contribution in [1.82, 2.24) is 5.43 Å². The van der Waals surface area contributed by atoms with Crippen molar-refractivity contribution < 1.29 is 9.53 Å². The molecule has 0 saturated heterocycles. The van der Waals surface area contributed by atoms with Gasteiger partial charge in [0.25, 0.3) is 0 Å². The van der Waals surface area contributed by atoms with E-state index in [4.69, 9.17) is 4.74 Å². The van der Waals surface area contributed by atoms with Crippen molar-refractivity contribution in [3.05, 3.63) is 0 Å². The molecule has 0 saturated carbocycles. The van der Waals surface area contributed by atoms with E-state index in [1.54, 1.807) is 0 Å². The number of carbonyl (C=O) groups is 1. The van der Waals surface area contributed by atoms with Crippen molar-refractivity contribution in [1.29, 1.82) is 0 Å². The van der Waals surface area contributed by atoms with Crippen LogP contribution in [0.3, 0.4) is 0 Å². The fraction of sp³-hybridized carbons (Fsp3) is 0.857. The Hall–Kier alpha value is -1.06. The molecule has 0 aromatic rings. The van der Waals surface area contributed by atoms with Gasteiger partial charge in [0.2, 0.25) is 0 Å². The molecule has 18 heavy (non-hydrogen) atoms. The van der Waals surface area contributed by atoms with Crippen molar-refractivity contribution in [3.8, 4) is 0 Å². The minimum atomic E-state index is -0.484. The Morgan fingerprint density at radius 2 is 1.83 bits per heavy atom. The summed E-state index contributed by atoms with van der Waals surface area (Å²) in [5.41, 5.74) is 3.00. The van der Waals surface area contributed by atoms with Crippen LogP contribution in [0.2, 0.25) is 0 Å². The van der Waals surface area contributed by atoms with Crippen molar-refractivity contribution >= 4 is 11.8 Å². The summed E-state index contributed by atoms with van der Waals surface area (Å²) in [6.07, 6.45) is 6.18. The van der Waals surface area contributed by atoms with Crippen LogP contribution >= 0.6 is 0 Å². The number of carbonyl (C=O) groups excluding carboxylic acids is 1. The molecule has 0 spiro atoms. The van der Waals surface area contributed by atoms with Gasteiger partial charge in [0, 0.05) is 5.71 Å². The molecule has 0 heterocycles. The lowest BCUT2D eigenvalue weighted by Gasteiger charge is -2.18. The highest BCUT2D eigenvalue weighted by Crippen LogP contribution is 2.07. The second-order valence-corrected chi connectivity index (χ2v) is 5.46. The quantitative estimate of drug-likeness (QED) is 0.420. The van der Waals surface area contributed by atoms with E-state index in [0.717, 1.165) is 25.0 Å². The average Bonchev–Trinajstić information content (AvgIpc) is 2.26. The average molecular weight is 256 g/mol. The summed E-state index contributed by atoms with van der Waals surface area (Å²) in [5.74, 6) is 0. The van der Waals surface area contributed by atoms with Crippen LogP contribution in [-0.2, 0) is 4.74 Å².